The average molecular weight is 286 g/mol. The summed E-state index contributed by atoms with van der Waals surface area (Å²) < 4.78 is 37.2. The van der Waals surface area contributed by atoms with Crippen LogP contribution in [0.5, 0.6) is 0 Å². The molecule has 1 saturated heterocycles. The Kier molecular flexibility index (Phi) is 4.65. The Morgan fingerprint density at radius 1 is 1.30 bits per heavy atom. The molecular weight excluding hydrogens is 269 g/mol. The van der Waals surface area contributed by atoms with Crippen molar-refractivity contribution in [3.05, 3.63) is 35.4 Å². The van der Waals surface area contributed by atoms with Crippen molar-refractivity contribution < 1.29 is 18.0 Å². The molecule has 2 N–H and O–H groups in total. The normalized spacial score (nSPS) is 19.1. The van der Waals surface area contributed by atoms with Crippen molar-refractivity contribution in [2.75, 3.05) is 13.1 Å². The van der Waals surface area contributed by atoms with Crippen molar-refractivity contribution in [3.63, 3.8) is 0 Å². The third kappa shape index (κ3) is 4.23. The lowest BCUT2D eigenvalue weighted by Gasteiger charge is -2.10. The molecule has 0 aromatic heterocycles. The van der Waals surface area contributed by atoms with Gasteiger partial charge in [-0.05, 0) is 43.1 Å². The Morgan fingerprint density at radius 2 is 2.00 bits per heavy atom. The summed E-state index contributed by atoms with van der Waals surface area (Å²) in [6.45, 7) is 2.06. The van der Waals surface area contributed by atoms with Crippen LogP contribution in [-0.2, 0) is 17.5 Å². The Hall–Kier alpha value is -1.56. The van der Waals surface area contributed by atoms with E-state index in [1.165, 1.54) is 12.1 Å². The van der Waals surface area contributed by atoms with Gasteiger partial charge in [0.2, 0.25) is 5.91 Å². The Morgan fingerprint density at radius 3 is 2.55 bits per heavy atom. The number of nitrogens with one attached hydrogen (secondary N) is 2. The molecule has 1 unspecified atom stereocenters. The van der Waals surface area contributed by atoms with Crippen LogP contribution in [0.4, 0.5) is 13.2 Å². The number of carbonyl (C=O) groups excluding carboxylic acids is 1. The van der Waals surface area contributed by atoms with E-state index in [0.717, 1.165) is 31.6 Å². The Balaban J connectivity index is 1.80. The summed E-state index contributed by atoms with van der Waals surface area (Å²) in [4.78, 5) is 11.7. The molecule has 6 heteroatoms. The average Bonchev–Trinajstić information content (AvgIpc) is 2.88. The monoisotopic (exact) mass is 286 g/mol. The molecule has 0 aliphatic carbocycles. The fraction of sp³-hybridized carbons (Fsp3) is 0.500. The number of amides is 1. The molecule has 1 aliphatic heterocycles. The van der Waals surface area contributed by atoms with Crippen molar-refractivity contribution >= 4 is 5.91 Å². The zero-order valence-corrected chi connectivity index (χ0v) is 11.0. The molecule has 0 spiro atoms. The lowest BCUT2D eigenvalue weighted by molar-refractivity contribution is -0.137. The van der Waals surface area contributed by atoms with Crippen LogP contribution < -0.4 is 10.6 Å². The Labute approximate surface area is 115 Å². The highest BCUT2D eigenvalue weighted by Crippen LogP contribution is 2.29. The maximum atomic E-state index is 12.4. The first-order chi connectivity index (χ1) is 9.45. The van der Waals surface area contributed by atoms with E-state index < -0.39 is 11.7 Å². The fourth-order valence-corrected chi connectivity index (χ4v) is 2.24. The van der Waals surface area contributed by atoms with Crippen molar-refractivity contribution in [3.8, 4) is 0 Å². The predicted octanol–water partition coefficient (Wildman–Crippen LogP) is 2.32. The summed E-state index contributed by atoms with van der Waals surface area (Å²) in [6.07, 6.45) is -2.86. The lowest BCUT2D eigenvalue weighted by Crippen LogP contribution is -2.25. The molecule has 0 saturated carbocycles. The van der Waals surface area contributed by atoms with Gasteiger partial charge in [0.05, 0.1) is 5.56 Å². The van der Waals surface area contributed by atoms with E-state index >= 15 is 0 Å². The summed E-state index contributed by atoms with van der Waals surface area (Å²) in [6, 6.07) is 4.84. The highest BCUT2D eigenvalue weighted by molar-refractivity contribution is 5.76. The van der Waals surface area contributed by atoms with Crippen LogP contribution >= 0.6 is 0 Å². The van der Waals surface area contributed by atoms with Crippen molar-refractivity contribution in [2.45, 2.75) is 25.6 Å². The zero-order chi connectivity index (χ0) is 14.6. The van der Waals surface area contributed by atoms with Gasteiger partial charge < -0.3 is 10.6 Å². The van der Waals surface area contributed by atoms with Crippen LogP contribution in [0.2, 0.25) is 0 Å². The minimum atomic E-state index is -4.32. The van der Waals surface area contributed by atoms with Crippen LogP contribution in [0.3, 0.4) is 0 Å². The number of rotatable bonds is 4. The van der Waals surface area contributed by atoms with E-state index in [1.54, 1.807) is 0 Å². The number of carbonyl (C=O) groups is 1. The molecule has 2 rings (SSSR count). The maximum absolute atomic E-state index is 12.4. The number of hydrogen-bond acceptors (Lipinski definition) is 2. The molecule has 1 aliphatic rings. The van der Waals surface area contributed by atoms with Gasteiger partial charge in [-0.3, -0.25) is 4.79 Å². The summed E-state index contributed by atoms with van der Waals surface area (Å²) >= 11 is 0. The molecule has 1 amide bonds. The predicted molar refractivity (Wildman–Crippen MR) is 68.9 cm³/mol. The molecule has 0 bridgehead atoms. The second kappa shape index (κ2) is 6.26. The number of benzene rings is 1. The number of alkyl halides is 3. The minimum Gasteiger partial charge on any atom is -0.352 e. The minimum absolute atomic E-state index is 0.0569. The van der Waals surface area contributed by atoms with Crippen LogP contribution in [0.25, 0.3) is 0 Å². The SMILES string of the molecule is O=C(CC1CCNC1)NCc1ccc(C(F)(F)F)cc1. The van der Waals surface area contributed by atoms with Crippen molar-refractivity contribution in [2.24, 2.45) is 5.92 Å². The summed E-state index contributed by atoms with van der Waals surface area (Å²) in [5.74, 6) is 0.307. The maximum Gasteiger partial charge on any atom is 0.416 e. The standard InChI is InChI=1S/C14H17F3N2O/c15-14(16,17)12-3-1-10(2-4-12)9-19-13(20)7-11-5-6-18-8-11/h1-4,11,18H,5-9H2,(H,19,20). The largest absolute Gasteiger partial charge is 0.416 e. The van der Waals surface area contributed by atoms with E-state index in [-0.39, 0.29) is 12.5 Å². The summed E-state index contributed by atoms with van der Waals surface area (Å²) in [5.41, 5.74) is -0.0134. The number of hydrogen-bond donors (Lipinski definition) is 2. The van der Waals surface area contributed by atoms with E-state index in [1.807, 2.05) is 0 Å². The molecule has 1 heterocycles. The van der Waals surface area contributed by atoms with Gasteiger partial charge in [-0.15, -0.1) is 0 Å². The van der Waals surface area contributed by atoms with Crippen LogP contribution in [0, 0.1) is 5.92 Å². The third-order valence-electron chi connectivity index (χ3n) is 3.41. The molecule has 1 fully saturated rings. The second-order valence-electron chi connectivity index (χ2n) is 5.03. The smallest absolute Gasteiger partial charge is 0.352 e. The quantitative estimate of drug-likeness (QED) is 0.892. The first kappa shape index (κ1) is 14.8. The second-order valence-corrected chi connectivity index (χ2v) is 5.03. The van der Waals surface area contributed by atoms with Gasteiger partial charge in [0, 0.05) is 13.0 Å². The first-order valence-electron chi connectivity index (χ1n) is 6.58. The highest BCUT2D eigenvalue weighted by atomic mass is 19.4. The van der Waals surface area contributed by atoms with Gasteiger partial charge in [-0.2, -0.15) is 13.2 Å². The molecule has 1 aromatic rings. The summed E-state index contributed by atoms with van der Waals surface area (Å²) in [5, 5.41) is 5.92. The van der Waals surface area contributed by atoms with Crippen molar-refractivity contribution in [1.29, 1.82) is 0 Å². The molecular formula is C14H17F3N2O. The molecule has 110 valence electrons. The number of halogens is 3. The van der Waals surface area contributed by atoms with Crippen LogP contribution in [0.1, 0.15) is 24.0 Å². The van der Waals surface area contributed by atoms with Gasteiger partial charge in [0.1, 0.15) is 0 Å². The molecule has 0 radical (unpaired) electrons. The van der Waals surface area contributed by atoms with Crippen LogP contribution in [0.15, 0.2) is 24.3 Å². The van der Waals surface area contributed by atoms with Gasteiger partial charge in [-0.1, -0.05) is 12.1 Å². The first-order valence-corrected chi connectivity index (χ1v) is 6.58. The van der Waals surface area contributed by atoms with E-state index in [9.17, 15) is 18.0 Å². The highest BCUT2D eigenvalue weighted by Gasteiger charge is 2.29. The van der Waals surface area contributed by atoms with E-state index in [0.29, 0.717) is 17.9 Å². The van der Waals surface area contributed by atoms with Crippen LogP contribution in [-0.4, -0.2) is 19.0 Å². The van der Waals surface area contributed by atoms with E-state index in [2.05, 4.69) is 10.6 Å². The molecule has 20 heavy (non-hydrogen) atoms. The van der Waals surface area contributed by atoms with Gasteiger partial charge >= 0.3 is 6.18 Å². The Bertz CT molecular complexity index is 450. The van der Waals surface area contributed by atoms with Crippen molar-refractivity contribution in [1.82, 2.24) is 10.6 Å². The van der Waals surface area contributed by atoms with Gasteiger partial charge in [0.15, 0.2) is 0 Å². The third-order valence-corrected chi connectivity index (χ3v) is 3.41. The van der Waals surface area contributed by atoms with Gasteiger partial charge in [0.25, 0.3) is 0 Å². The fourth-order valence-electron chi connectivity index (χ4n) is 2.24. The molecule has 1 atom stereocenters. The van der Waals surface area contributed by atoms with Gasteiger partial charge in [-0.25, -0.2) is 0 Å². The molecule has 3 nitrogen and oxygen atoms in total. The lowest BCUT2D eigenvalue weighted by atomic mass is 10.0. The summed E-state index contributed by atoms with van der Waals surface area (Å²) in [7, 11) is 0. The zero-order valence-electron chi connectivity index (χ0n) is 11.0. The topological polar surface area (TPSA) is 41.1 Å². The van der Waals surface area contributed by atoms with E-state index in [4.69, 9.17) is 0 Å². The molecule has 1 aromatic carbocycles.